The molecule has 0 bridgehead atoms. The maximum atomic E-state index is 12.8. The fraction of sp³-hybridized carbons (Fsp3) is 0.412. The molecule has 0 saturated heterocycles. The lowest BCUT2D eigenvalue weighted by Crippen LogP contribution is -2.05. The summed E-state index contributed by atoms with van der Waals surface area (Å²) in [5, 5.41) is 0. The van der Waals surface area contributed by atoms with E-state index >= 15 is 0 Å². The van der Waals surface area contributed by atoms with E-state index in [0.717, 1.165) is 44.2 Å². The van der Waals surface area contributed by atoms with Gasteiger partial charge in [0.25, 0.3) is 0 Å². The van der Waals surface area contributed by atoms with Crippen molar-refractivity contribution in [1.29, 1.82) is 0 Å². The molecule has 1 fully saturated rings. The van der Waals surface area contributed by atoms with E-state index in [9.17, 15) is 18.0 Å². The van der Waals surface area contributed by atoms with Crippen LogP contribution in [0.3, 0.4) is 0 Å². The summed E-state index contributed by atoms with van der Waals surface area (Å²) in [7, 11) is 0. The Morgan fingerprint density at radius 2 is 1.91 bits per heavy atom. The lowest BCUT2D eigenvalue weighted by Gasteiger charge is -2.19. The molecule has 1 aliphatic carbocycles. The van der Waals surface area contributed by atoms with Crippen LogP contribution >= 0.6 is 0 Å². The highest BCUT2D eigenvalue weighted by Gasteiger charge is 2.31. The van der Waals surface area contributed by atoms with E-state index in [1.807, 2.05) is 0 Å². The third-order valence-electron chi connectivity index (χ3n) is 4.21. The molecule has 1 aromatic heterocycles. The van der Waals surface area contributed by atoms with Crippen molar-refractivity contribution in [3.8, 4) is 11.5 Å². The maximum absolute atomic E-state index is 12.8. The number of carbonyl (C=O) groups is 1. The zero-order valence-electron chi connectivity index (χ0n) is 12.4. The first-order valence-electron chi connectivity index (χ1n) is 7.62. The van der Waals surface area contributed by atoms with E-state index in [1.54, 1.807) is 0 Å². The minimum Gasteiger partial charge on any atom is -0.440 e. The highest BCUT2D eigenvalue weighted by Crippen LogP contribution is 2.37. The van der Waals surface area contributed by atoms with Crippen molar-refractivity contribution in [3.05, 3.63) is 41.3 Å². The van der Waals surface area contributed by atoms with Gasteiger partial charge in [0.1, 0.15) is 11.5 Å². The zero-order valence-corrected chi connectivity index (χ0v) is 12.4. The second-order valence-electron chi connectivity index (χ2n) is 5.80. The summed E-state index contributed by atoms with van der Waals surface area (Å²) in [5.41, 5.74) is -0.339. The van der Waals surface area contributed by atoms with E-state index < -0.39 is 11.7 Å². The predicted octanol–water partition coefficient (Wildman–Crippen LogP) is 5.22. The first-order chi connectivity index (χ1) is 11.0. The molecule has 0 unspecified atom stereocenters. The average Bonchev–Trinajstić information content (AvgIpc) is 2.99. The van der Waals surface area contributed by atoms with Crippen molar-refractivity contribution in [3.63, 3.8) is 0 Å². The van der Waals surface area contributed by atoms with Gasteiger partial charge in [-0.05, 0) is 31.0 Å². The average molecular weight is 323 g/mol. The van der Waals surface area contributed by atoms with Gasteiger partial charge >= 0.3 is 6.18 Å². The van der Waals surface area contributed by atoms with E-state index in [-0.39, 0.29) is 23.1 Å². The normalized spacial score (nSPS) is 16.5. The van der Waals surface area contributed by atoms with Crippen LogP contribution in [0.5, 0.6) is 0 Å². The fourth-order valence-corrected chi connectivity index (χ4v) is 3.04. The fourth-order valence-electron chi connectivity index (χ4n) is 3.04. The van der Waals surface area contributed by atoms with E-state index in [2.05, 4.69) is 4.98 Å². The van der Waals surface area contributed by atoms with E-state index in [1.165, 1.54) is 12.1 Å². The van der Waals surface area contributed by atoms with Gasteiger partial charge in [0, 0.05) is 11.5 Å². The van der Waals surface area contributed by atoms with Crippen LogP contribution < -0.4 is 0 Å². The summed E-state index contributed by atoms with van der Waals surface area (Å²) in [4.78, 5) is 15.3. The van der Waals surface area contributed by atoms with Gasteiger partial charge < -0.3 is 4.42 Å². The van der Waals surface area contributed by atoms with Crippen LogP contribution in [0, 0.1) is 0 Å². The van der Waals surface area contributed by atoms with Crippen LogP contribution in [-0.2, 0) is 6.18 Å². The van der Waals surface area contributed by atoms with Crippen molar-refractivity contribution in [1.82, 2.24) is 4.98 Å². The molecule has 1 aromatic carbocycles. The van der Waals surface area contributed by atoms with Crippen molar-refractivity contribution >= 4 is 6.29 Å². The molecule has 0 N–H and O–H groups in total. The molecule has 3 rings (SSSR count). The Balaban J connectivity index is 1.97. The molecule has 6 heteroatoms. The molecule has 1 heterocycles. The number of rotatable bonds is 3. The molecule has 1 saturated carbocycles. The highest BCUT2D eigenvalue weighted by atomic mass is 19.4. The van der Waals surface area contributed by atoms with Crippen molar-refractivity contribution < 1.29 is 22.4 Å². The molecule has 0 radical (unpaired) electrons. The van der Waals surface area contributed by atoms with E-state index in [4.69, 9.17) is 4.42 Å². The largest absolute Gasteiger partial charge is 0.440 e. The van der Waals surface area contributed by atoms with E-state index in [0.29, 0.717) is 12.0 Å². The van der Waals surface area contributed by atoms with Gasteiger partial charge in [0.15, 0.2) is 6.29 Å². The summed E-state index contributed by atoms with van der Waals surface area (Å²) in [6, 6.07) is 4.80. The molecular weight excluding hydrogens is 307 g/mol. The minimum absolute atomic E-state index is 0.0683. The second kappa shape index (κ2) is 6.18. The van der Waals surface area contributed by atoms with Crippen LogP contribution in [0.1, 0.15) is 59.8 Å². The van der Waals surface area contributed by atoms with Gasteiger partial charge in [0.05, 0.1) is 5.56 Å². The summed E-state index contributed by atoms with van der Waals surface area (Å²) in [5.74, 6) is 0.696. The monoisotopic (exact) mass is 323 g/mol. The number of aldehydes is 1. The number of halogens is 3. The van der Waals surface area contributed by atoms with Gasteiger partial charge in [0.2, 0.25) is 5.89 Å². The number of hydrogen-bond donors (Lipinski definition) is 0. The Hall–Kier alpha value is -2.11. The quantitative estimate of drug-likeness (QED) is 0.727. The minimum atomic E-state index is -4.43. The Kier molecular flexibility index (Phi) is 4.24. The van der Waals surface area contributed by atoms with Crippen molar-refractivity contribution in [2.24, 2.45) is 0 Å². The third-order valence-corrected chi connectivity index (χ3v) is 4.21. The first-order valence-corrected chi connectivity index (χ1v) is 7.62. The topological polar surface area (TPSA) is 43.1 Å². The molecule has 0 spiro atoms. The summed E-state index contributed by atoms with van der Waals surface area (Å²) in [6.07, 6.45) is 1.29. The lowest BCUT2D eigenvalue weighted by atomic mass is 9.87. The number of nitrogens with zero attached hydrogens (tertiary/aromatic N) is 1. The number of benzene rings is 1. The maximum Gasteiger partial charge on any atom is 0.416 e. The molecule has 122 valence electrons. The van der Waals surface area contributed by atoms with Gasteiger partial charge in [-0.15, -0.1) is 0 Å². The first kappa shape index (κ1) is 15.8. The number of oxazole rings is 1. The number of hydrogen-bond acceptors (Lipinski definition) is 3. The van der Waals surface area contributed by atoms with Crippen LogP contribution in [0.25, 0.3) is 11.5 Å². The van der Waals surface area contributed by atoms with Gasteiger partial charge in [-0.2, -0.15) is 13.2 Å². The molecular formula is C17H16F3NO2. The predicted molar refractivity (Wildman–Crippen MR) is 78.2 cm³/mol. The number of carbonyl (C=O) groups excluding carboxylic acids is 1. The standard InChI is InChI=1S/C17H16F3NO2/c18-17(19,20)13-8-4-7-12(9-13)16-21-14(10-22)15(23-16)11-5-2-1-3-6-11/h4,7-11H,1-3,5-6H2. The Morgan fingerprint density at radius 1 is 1.17 bits per heavy atom. The Labute approximate surface area is 131 Å². The highest BCUT2D eigenvalue weighted by molar-refractivity contribution is 5.75. The second-order valence-corrected chi connectivity index (χ2v) is 5.80. The Bertz CT molecular complexity index is 700. The van der Waals surface area contributed by atoms with Crippen molar-refractivity contribution in [2.45, 2.75) is 44.2 Å². The van der Waals surface area contributed by atoms with Crippen molar-refractivity contribution in [2.75, 3.05) is 0 Å². The summed E-state index contributed by atoms with van der Waals surface area (Å²) in [6.45, 7) is 0. The van der Waals surface area contributed by atoms with Gasteiger partial charge in [-0.25, -0.2) is 4.98 Å². The zero-order chi connectivity index (χ0) is 16.4. The van der Waals surface area contributed by atoms with Crippen LogP contribution in [0.2, 0.25) is 0 Å². The molecule has 0 atom stereocenters. The molecule has 2 aromatic rings. The molecule has 1 aliphatic rings. The molecule has 23 heavy (non-hydrogen) atoms. The smallest absolute Gasteiger partial charge is 0.416 e. The molecule has 3 nitrogen and oxygen atoms in total. The van der Waals surface area contributed by atoms with Gasteiger partial charge in [-0.1, -0.05) is 25.3 Å². The third kappa shape index (κ3) is 3.30. The SMILES string of the molecule is O=Cc1nc(-c2cccc(C(F)(F)F)c2)oc1C1CCCCC1. The Morgan fingerprint density at radius 3 is 2.57 bits per heavy atom. The molecule has 0 aliphatic heterocycles. The number of alkyl halides is 3. The van der Waals surface area contributed by atoms with Crippen LogP contribution in [-0.4, -0.2) is 11.3 Å². The number of aromatic nitrogens is 1. The summed E-state index contributed by atoms with van der Waals surface area (Å²) < 4.78 is 44.1. The lowest BCUT2D eigenvalue weighted by molar-refractivity contribution is -0.137. The van der Waals surface area contributed by atoms with Gasteiger partial charge in [-0.3, -0.25) is 4.79 Å². The summed E-state index contributed by atoms with van der Waals surface area (Å²) >= 11 is 0. The molecule has 0 amide bonds. The van der Waals surface area contributed by atoms with Crippen LogP contribution in [0.4, 0.5) is 13.2 Å². The van der Waals surface area contributed by atoms with Crippen LogP contribution in [0.15, 0.2) is 28.7 Å².